The van der Waals surface area contributed by atoms with E-state index in [0.29, 0.717) is 19.3 Å². The van der Waals surface area contributed by atoms with Crippen molar-refractivity contribution >= 4 is 17.9 Å². The monoisotopic (exact) mass is 430 g/mol. The molecule has 0 aliphatic rings. The van der Waals surface area contributed by atoms with Crippen LogP contribution in [0.25, 0.3) is 0 Å². The van der Waals surface area contributed by atoms with Crippen LogP contribution < -0.4 is 0 Å². The van der Waals surface area contributed by atoms with E-state index in [1.54, 1.807) is 0 Å². The van der Waals surface area contributed by atoms with Crippen LogP contribution in [-0.4, -0.2) is 23.0 Å². The molecule has 6 heteroatoms. The van der Waals surface area contributed by atoms with Crippen molar-refractivity contribution in [1.82, 2.24) is 0 Å². The third-order valence-electron chi connectivity index (χ3n) is 4.69. The zero-order chi connectivity index (χ0) is 22.9. The van der Waals surface area contributed by atoms with E-state index in [9.17, 15) is 14.4 Å². The highest BCUT2D eigenvalue weighted by Gasteiger charge is 2.09. The quantitative estimate of drug-likeness (QED) is 0.141. The minimum atomic E-state index is -0.670. The Kier molecular flexibility index (Phi) is 26.0. The molecule has 0 rings (SSSR count). The number of carboxylic acid groups (broad SMARTS) is 1. The highest BCUT2D eigenvalue weighted by molar-refractivity contribution is 5.72. The predicted octanol–water partition coefficient (Wildman–Crippen LogP) is 7.14. The Morgan fingerprint density at radius 2 is 0.800 bits per heavy atom. The molecule has 0 amide bonds. The molecule has 0 aromatic rings. The molecule has 178 valence electrons. The smallest absolute Gasteiger partial charge is 0.355 e. The summed E-state index contributed by atoms with van der Waals surface area (Å²) in [6.45, 7) is 6.45. The van der Waals surface area contributed by atoms with E-state index in [1.807, 2.05) is 0 Å². The van der Waals surface area contributed by atoms with Crippen LogP contribution in [0.3, 0.4) is 0 Å². The molecule has 0 atom stereocenters. The molecule has 0 radical (unpaired) electrons. The maximum Gasteiger partial charge on any atom is 0.355 e. The average Bonchev–Trinajstić information content (AvgIpc) is 2.72. The van der Waals surface area contributed by atoms with Gasteiger partial charge >= 0.3 is 17.9 Å². The third-order valence-corrected chi connectivity index (χ3v) is 4.69. The number of carboxylic acids is 1. The topological polar surface area (TPSA) is 89.9 Å². The number of carbonyl (C=O) groups is 3. The fourth-order valence-corrected chi connectivity index (χ4v) is 2.80. The Balaban J connectivity index is 0. The van der Waals surface area contributed by atoms with Gasteiger partial charge in [0, 0.05) is 6.42 Å². The Labute approximate surface area is 184 Å². The molecule has 0 aromatic heterocycles. The van der Waals surface area contributed by atoms with Gasteiger partial charge in [0.1, 0.15) is 0 Å². The lowest BCUT2D eigenvalue weighted by atomic mass is 10.1. The van der Waals surface area contributed by atoms with E-state index < -0.39 is 17.9 Å². The first-order valence-electron chi connectivity index (χ1n) is 12.1. The van der Waals surface area contributed by atoms with Crippen molar-refractivity contribution in [1.29, 1.82) is 0 Å². The summed E-state index contributed by atoms with van der Waals surface area (Å²) in [6.07, 6.45) is 17.2. The number of hydrogen-bond donors (Lipinski definition) is 1. The normalized spacial score (nSPS) is 10.1. The van der Waals surface area contributed by atoms with Crippen molar-refractivity contribution in [3.05, 3.63) is 0 Å². The summed E-state index contributed by atoms with van der Waals surface area (Å²) < 4.78 is 0. The lowest BCUT2D eigenvalue weighted by Crippen LogP contribution is -2.11. The Bertz CT molecular complexity index is 383. The first-order chi connectivity index (χ1) is 14.5. The van der Waals surface area contributed by atoms with E-state index >= 15 is 0 Å². The van der Waals surface area contributed by atoms with Crippen molar-refractivity contribution in [2.75, 3.05) is 0 Å². The van der Waals surface area contributed by atoms with Gasteiger partial charge in [-0.15, -0.1) is 0 Å². The number of unbranched alkanes of at least 4 members (excludes halogenated alkanes) is 12. The van der Waals surface area contributed by atoms with Gasteiger partial charge in [0.2, 0.25) is 0 Å². The lowest BCUT2D eigenvalue weighted by molar-refractivity contribution is -0.259. The third kappa shape index (κ3) is 28.6. The second-order valence-electron chi connectivity index (χ2n) is 7.80. The number of carbonyl (C=O) groups excluding carboxylic acids is 2. The van der Waals surface area contributed by atoms with Gasteiger partial charge in [-0.25, -0.2) is 19.4 Å². The Morgan fingerprint density at radius 3 is 1.10 bits per heavy atom. The summed E-state index contributed by atoms with van der Waals surface area (Å²) in [7, 11) is 0. The van der Waals surface area contributed by atoms with E-state index in [0.717, 1.165) is 51.4 Å². The Morgan fingerprint density at radius 1 is 0.500 bits per heavy atom. The van der Waals surface area contributed by atoms with Crippen LogP contribution in [0.2, 0.25) is 0 Å². The molecule has 0 aliphatic heterocycles. The van der Waals surface area contributed by atoms with Crippen LogP contribution >= 0.6 is 0 Å². The van der Waals surface area contributed by atoms with Gasteiger partial charge in [0.25, 0.3) is 0 Å². The van der Waals surface area contributed by atoms with Crippen molar-refractivity contribution in [2.24, 2.45) is 0 Å². The van der Waals surface area contributed by atoms with Crippen molar-refractivity contribution in [3.8, 4) is 0 Å². The highest BCUT2D eigenvalue weighted by atomic mass is 17.2. The SMILES string of the molecule is CCCCCCCC(=O)O.CCCCCCCC(=O)OOC(=O)CCCCCCC. The summed E-state index contributed by atoms with van der Waals surface area (Å²) in [5.41, 5.74) is 0. The first-order valence-corrected chi connectivity index (χ1v) is 12.1. The van der Waals surface area contributed by atoms with E-state index in [-0.39, 0.29) is 0 Å². The molecule has 0 aliphatic carbocycles. The summed E-state index contributed by atoms with van der Waals surface area (Å²) in [5.74, 6) is -1.56. The number of hydrogen-bond acceptors (Lipinski definition) is 5. The average molecular weight is 431 g/mol. The summed E-state index contributed by atoms with van der Waals surface area (Å²) in [6, 6.07) is 0. The van der Waals surface area contributed by atoms with Gasteiger partial charge in [0.15, 0.2) is 0 Å². The van der Waals surface area contributed by atoms with E-state index in [2.05, 4.69) is 30.5 Å². The fraction of sp³-hybridized carbons (Fsp3) is 0.875. The van der Waals surface area contributed by atoms with Crippen LogP contribution in [0.15, 0.2) is 0 Å². The lowest BCUT2D eigenvalue weighted by Gasteiger charge is -2.03. The van der Waals surface area contributed by atoms with Gasteiger partial charge in [-0.05, 0) is 19.3 Å². The van der Waals surface area contributed by atoms with Gasteiger partial charge in [-0.1, -0.05) is 97.8 Å². The van der Waals surface area contributed by atoms with Crippen molar-refractivity contribution in [2.45, 2.75) is 136 Å². The molecule has 0 unspecified atom stereocenters. The molecule has 0 heterocycles. The van der Waals surface area contributed by atoms with Crippen molar-refractivity contribution in [3.63, 3.8) is 0 Å². The second kappa shape index (κ2) is 25.4. The first kappa shape index (κ1) is 30.6. The zero-order valence-corrected chi connectivity index (χ0v) is 19.7. The highest BCUT2D eigenvalue weighted by Crippen LogP contribution is 2.08. The molecular formula is C24H46O6. The van der Waals surface area contributed by atoms with Gasteiger partial charge in [0.05, 0.1) is 12.8 Å². The number of aliphatic carboxylic acids is 1. The molecule has 0 saturated carbocycles. The molecule has 0 fully saturated rings. The second-order valence-corrected chi connectivity index (χ2v) is 7.80. The van der Waals surface area contributed by atoms with Crippen LogP contribution in [0.4, 0.5) is 0 Å². The minimum Gasteiger partial charge on any atom is -0.481 e. The Hall–Kier alpha value is -1.59. The number of rotatable bonds is 18. The summed E-state index contributed by atoms with van der Waals surface area (Å²) in [4.78, 5) is 41.6. The molecule has 0 bridgehead atoms. The van der Waals surface area contributed by atoms with E-state index in [4.69, 9.17) is 5.11 Å². The molecule has 30 heavy (non-hydrogen) atoms. The predicted molar refractivity (Wildman–Crippen MR) is 120 cm³/mol. The van der Waals surface area contributed by atoms with Gasteiger partial charge < -0.3 is 5.11 Å². The molecular weight excluding hydrogens is 384 g/mol. The van der Waals surface area contributed by atoms with Crippen LogP contribution in [0, 0.1) is 0 Å². The maximum absolute atomic E-state index is 11.3. The maximum atomic E-state index is 11.3. The molecule has 0 spiro atoms. The minimum absolute atomic E-state index is 0.327. The molecule has 1 N–H and O–H groups in total. The van der Waals surface area contributed by atoms with Crippen LogP contribution in [-0.2, 0) is 24.2 Å². The van der Waals surface area contributed by atoms with Crippen molar-refractivity contribution < 1.29 is 29.3 Å². The largest absolute Gasteiger partial charge is 0.481 e. The molecule has 0 saturated heterocycles. The van der Waals surface area contributed by atoms with Gasteiger partial charge in [-0.2, -0.15) is 0 Å². The zero-order valence-electron chi connectivity index (χ0n) is 19.7. The van der Waals surface area contributed by atoms with E-state index in [1.165, 1.54) is 44.9 Å². The van der Waals surface area contributed by atoms with Crippen LogP contribution in [0.1, 0.15) is 136 Å². The fourth-order valence-electron chi connectivity index (χ4n) is 2.80. The summed E-state index contributed by atoms with van der Waals surface area (Å²) >= 11 is 0. The molecule has 0 aromatic carbocycles. The van der Waals surface area contributed by atoms with Crippen LogP contribution in [0.5, 0.6) is 0 Å². The standard InChI is InChI=1S/C16H30O4.C8H16O2/c1-3-5-7-9-11-13-15(17)19-20-16(18)14-12-10-8-6-4-2;1-2-3-4-5-6-7-8(9)10/h3-14H2,1-2H3;2-7H2,1H3,(H,9,10). The van der Waals surface area contributed by atoms with Gasteiger partial charge in [-0.3, -0.25) is 4.79 Å². The molecule has 6 nitrogen and oxygen atoms in total. The summed E-state index contributed by atoms with van der Waals surface area (Å²) in [5, 5.41) is 8.27.